The second-order valence-electron chi connectivity index (χ2n) is 7.84. The van der Waals surface area contributed by atoms with E-state index in [0.717, 1.165) is 56.3 Å². The maximum atomic E-state index is 12.6. The van der Waals surface area contributed by atoms with Crippen LogP contribution in [0.25, 0.3) is 0 Å². The zero-order chi connectivity index (χ0) is 15.8. The van der Waals surface area contributed by atoms with Gasteiger partial charge >= 0.3 is 5.97 Å². The molecular weight excluding hydrogens is 290 g/mol. The second kappa shape index (κ2) is 4.37. The smallest absolute Gasteiger partial charge is 0.314 e. The van der Waals surface area contributed by atoms with E-state index in [4.69, 9.17) is 0 Å². The van der Waals surface area contributed by atoms with Crippen LogP contribution < -0.4 is 4.90 Å². The first kappa shape index (κ1) is 13.6. The molecule has 5 rings (SSSR count). The number of anilines is 1. The average molecular weight is 311 g/mol. The summed E-state index contributed by atoms with van der Waals surface area (Å²) in [7, 11) is 0. The molecule has 3 fully saturated rings. The molecule has 1 N–H and O–H groups in total. The third-order valence-electron chi connectivity index (χ3n) is 6.42. The van der Waals surface area contributed by atoms with Crippen molar-refractivity contribution in [2.75, 3.05) is 11.4 Å². The van der Waals surface area contributed by atoms with Crippen LogP contribution in [0.1, 0.15) is 55.6 Å². The van der Waals surface area contributed by atoms with Crippen LogP contribution in [0, 0.1) is 11.8 Å². The zero-order valence-corrected chi connectivity index (χ0v) is 13.1. The predicted octanol–water partition coefficient (Wildman–Crippen LogP) is 3.05. The molecule has 3 saturated carbocycles. The number of fused-ring (bicyclic) bond motifs is 3. The van der Waals surface area contributed by atoms with Gasteiger partial charge in [0.15, 0.2) is 0 Å². The van der Waals surface area contributed by atoms with Gasteiger partial charge in [0.2, 0.25) is 5.91 Å². The fourth-order valence-electron chi connectivity index (χ4n) is 4.47. The molecule has 0 spiro atoms. The van der Waals surface area contributed by atoms with E-state index in [9.17, 15) is 14.7 Å². The van der Waals surface area contributed by atoms with Gasteiger partial charge in [0, 0.05) is 18.2 Å². The zero-order valence-electron chi connectivity index (χ0n) is 13.1. The highest BCUT2D eigenvalue weighted by Crippen LogP contribution is 2.56. The van der Waals surface area contributed by atoms with Crippen LogP contribution in [0.15, 0.2) is 18.2 Å². The molecule has 1 aromatic rings. The van der Waals surface area contributed by atoms with Gasteiger partial charge in [-0.1, -0.05) is 18.6 Å². The van der Waals surface area contributed by atoms with E-state index in [0.29, 0.717) is 11.8 Å². The molecular formula is C19H21NO3. The molecule has 1 aromatic carbocycles. The highest BCUT2D eigenvalue weighted by molar-refractivity contribution is 5.98. The van der Waals surface area contributed by atoms with Gasteiger partial charge in [-0.2, -0.15) is 0 Å². The summed E-state index contributed by atoms with van der Waals surface area (Å²) in [5.74, 6) is 0.940. The maximum Gasteiger partial charge on any atom is 0.314 e. The third kappa shape index (κ3) is 1.84. The van der Waals surface area contributed by atoms with Crippen molar-refractivity contribution in [3.05, 3.63) is 29.3 Å². The minimum absolute atomic E-state index is 0.231. The molecule has 0 saturated heterocycles. The Morgan fingerprint density at radius 2 is 2.00 bits per heavy atom. The molecule has 0 bridgehead atoms. The summed E-state index contributed by atoms with van der Waals surface area (Å²) in [4.78, 5) is 26.3. The van der Waals surface area contributed by atoms with Crippen molar-refractivity contribution in [1.82, 2.24) is 0 Å². The Labute approximate surface area is 135 Å². The van der Waals surface area contributed by atoms with Crippen molar-refractivity contribution >= 4 is 17.6 Å². The summed E-state index contributed by atoms with van der Waals surface area (Å²) in [6, 6.07) is 6.09. The van der Waals surface area contributed by atoms with Gasteiger partial charge in [-0.15, -0.1) is 0 Å². The molecule has 1 amide bonds. The standard InChI is InChI=1S/C19H21NO3/c21-17(11-2-3-11)20-10-12-8-14(12)15-9-13(4-5-16(15)20)19(18(22)23)6-1-7-19/h4-5,9,11-12,14H,1-3,6-8,10H2,(H,22,23). The van der Waals surface area contributed by atoms with Crippen LogP contribution in [0.5, 0.6) is 0 Å². The number of aliphatic carboxylic acids is 1. The number of carboxylic acid groups (broad SMARTS) is 1. The Bertz CT molecular complexity index is 717. The SMILES string of the molecule is O=C(C1CC1)N1CC2CC2c2cc(C3(C(=O)O)CCC3)ccc21. The minimum Gasteiger partial charge on any atom is -0.481 e. The molecule has 2 atom stereocenters. The number of carboxylic acids is 1. The van der Waals surface area contributed by atoms with Gasteiger partial charge in [0.05, 0.1) is 5.41 Å². The number of hydrogen-bond donors (Lipinski definition) is 1. The van der Waals surface area contributed by atoms with Crippen molar-refractivity contribution in [2.45, 2.75) is 49.9 Å². The van der Waals surface area contributed by atoms with Gasteiger partial charge in [-0.05, 0) is 61.1 Å². The average Bonchev–Trinajstić information content (AvgIpc) is 3.35. The molecule has 0 aromatic heterocycles. The van der Waals surface area contributed by atoms with E-state index in [2.05, 4.69) is 6.07 Å². The summed E-state index contributed by atoms with van der Waals surface area (Å²) in [6.45, 7) is 0.858. The number of nitrogens with zero attached hydrogens (tertiary/aromatic N) is 1. The Morgan fingerprint density at radius 3 is 2.61 bits per heavy atom. The Balaban J connectivity index is 1.56. The van der Waals surface area contributed by atoms with Gasteiger partial charge < -0.3 is 10.0 Å². The summed E-state index contributed by atoms with van der Waals surface area (Å²) in [6.07, 6.45) is 5.66. The summed E-state index contributed by atoms with van der Waals surface area (Å²) in [5.41, 5.74) is 2.54. The number of amides is 1. The fourth-order valence-corrected chi connectivity index (χ4v) is 4.47. The van der Waals surface area contributed by atoms with E-state index in [-0.39, 0.29) is 11.8 Å². The highest BCUT2D eigenvalue weighted by atomic mass is 16.4. The molecule has 1 aliphatic heterocycles. The predicted molar refractivity (Wildman–Crippen MR) is 85.5 cm³/mol. The normalized spacial score (nSPS) is 30.0. The molecule has 120 valence electrons. The number of hydrogen-bond acceptors (Lipinski definition) is 2. The van der Waals surface area contributed by atoms with Crippen molar-refractivity contribution in [3.8, 4) is 0 Å². The number of carbonyl (C=O) groups is 2. The Kier molecular flexibility index (Phi) is 2.58. The third-order valence-corrected chi connectivity index (χ3v) is 6.42. The van der Waals surface area contributed by atoms with Crippen molar-refractivity contribution in [3.63, 3.8) is 0 Å². The Morgan fingerprint density at radius 1 is 1.22 bits per heavy atom. The van der Waals surface area contributed by atoms with E-state index in [1.807, 2.05) is 17.0 Å². The summed E-state index contributed by atoms with van der Waals surface area (Å²) < 4.78 is 0. The molecule has 4 aliphatic rings. The first-order chi connectivity index (χ1) is 11.1. The van der Waals surface area contributed by atoms with Gasteiger partial charge in [0.25, 0.3) is 0 Å². The van der Waals surface area contributed by atoms with Crippen molar-refractivity contribution < 1.29 is 14.7 Å². The number of benzene rings is 1. The monoisotopic (exact) mass is 311 g/mol. The first-order valence-corrected chi connectivity index (χ1v) is 8.79. The van der Waals surface area contributed by atoms with Crippen molar-refractivity contribution in [2.24, 2.45) is 11.8 Å². The van der Waals surface area contributed by atoms with Crippen LogP contribution >= 0.6 is 0 Å². The molecule has 23 heavy (non-hydrogen) atoms. The molecule has 0 radical (unpaired) electrons. The van der Waals surface area contributed by atoms with E-state index < -0.39 is 11.4 Å². The topological polar surface area (TPSA) is 57.6 Å². The van der Waals surface area contributed by atoms with E-state index >= 15 is 0 Å². The lowest BCUT2D eigenvalue weighted by atomic mass is 9.64. The van der Waals surface area contributed by atoms with Gasteiger partial charge in [0.1, 0.15) is 0 Å². The second-order valence-corrected chi connectivity index (χ2v) is 7.84. The molecule has 4 heteroatoms. The van der Waals surface area contributed by atoms with Crippen molar-refractivity contribution in [1.29, 1.82) is 0 Å². The molecule has 2 unspecified atom stereocenters. The van der Waals surface area contributed by atoms with Crippen LogP contribution in [-0.2, 0) is 15.0 Å². The van der Waals surface area contributed by atoms with Crippen LogP contribution in [0.2, 0.25) is 0 Å². The minimum atomic E-state index is -0.697. The lowest BCUT2D eigenvalue weighted by Gasteiger charge is -2.39. The lowest BCUT2D eigenvalue weighted by molar-refractivity contribution is -0.147. The first-order valence-electron chi connectivity index (χ1n) is 8.79. The Hall–Kier alpha value is -1.84. The molecule has 1 heterocycles. The fraction of sp³-hybridized carbons (Fsp3) is 0.579. The van der Waals surface area contributed by atoms with E-state index in [1.165, 1.54) is 5.56 Å². The van der Waals surface area contributed by atoms with E-state index in [1.54, 1.807) is 0 Å². The number of rotatable bonds is 3. The van der Waals surface area contributed by atoms with Crippen LogP contribution in [-0.4, -0.2) is 23.5 Å². The largest absolute Gasteiger partial charge is 0.481 e. The van der Waals surface area contributed by atoms with Crippen LogP contribution in [0.3, 0.4) is 0 Å². The molecule has 4 nitrogen and oxygen atoms in total. The lowest BCUT2D eigenvalue weighted by Crippen LogP contribution is -2.42. The summed E-state index contributed by atoms with van der Waals surface area (Å²) >= 11 is 0. The van der Waals surface area contributed by atoms with Gasteiger partial charge in [-0.25, -0.2) is 0 Å². The summed E-state index contributed by atoms with van der Waals surface area (Å²) in [5, 5.41) is 9.67. The quantitative estimate of drug-likeness (QED) is 0.933. The molecule has 3 aliphatic carbocycles. The number of carbonyl (C=O) groups excluding carboxylic acids is 1. The van der Waals surface area contributed by atoms with Gasteiger partial charge in [-0.3, -0.25) is 9.59 Å². The van der Waals surface area contributed by atoms with Crippen LogP contribution in [0.4, 0.5) is 5.69 Å². The maximum absolute atomic E-state index is 12.6. The highest BCUT2D eigenvalue weighted by Gasteiger charge is 2.50.